The van der Waals surface area contributed by atoms with Crippen LogP contribution in [0.4, 0.5) is 10.7 Å². The third kappa shape index (κ3) is 4.50. The molecule has 0 fully saturated rings. The maximum Gasteiger partial charge on any atom is 0.341 e. The first-order valence-electron chi connectivity index (χ1n) is 8.44. The van der Waals surface area contributed by atoms with Gasteiger partial charge < -0.3 is 15.4 Å². The summed E-state index contributed by atoms with van der Waals surface area (Å²) in [5, 5.41) is 7.25. The molecule has 1 aromatic carbocycles. The number of thiocarbonyl (C=S) groups is 1. The third-order valence-electron chi connectivity index (χ3n) is 3.77. The van der Waals surface area contributed by atoms with Crippen LogP contribution in [0.2, 0.25) is 0 Å². The first-order chi connectivity index (χ1) is 13.1. The van der Waals surface area contributed by atoms with Crippen LogP contribution in [0, 0.1) is 6.92 Å². The molecule has 0 aliphatic carbocycles. The van der Waals surface area contributed by atoms with Gasteiger partial charge in [0.05, 0.1) is 18.5 Å². The second-order valence-electron chi connectivity index (χ2n) is 5.64. The van der Waals surface area contributed by atoms with E-state index in [2.05, 4.69) is 15.6 Å². The van der Waals surface area contributed by atoms with Gasteiger partial charge in [-0.05, 0) is 43.8 Å². The number of aromatic nitrogens is 1. The van der Waals surface area contributed by atoms with Crippen LogP contribution in [0.25, 0.3) is 11.1 Å². The van der Waals surface area contributed by atoms with Crippen molar-refractivity contribution in [3.8, 4) is 11.1 Å². The van der Waals surface area contributed by atoms with Crippen molar-refractivity contribution in [1.29, 1.82) is 0 Å². The number of hydrogen-bond acceptors (Lipinski definition) is 5. The number of pyridine rings is 1. The predicted octanol–water partition coefficient (Wildman–Crippen LogP) is 5.10. The van der Waals surface area contributed by atoms with Crippen LogP contribution in [0.15, 0.2) is 54.9 Å². The molecule has 3 rings (SSSR count). The molecule has 0 bridgehead atoms. The van der Waals surface area contributed by atoms with Crippen molar-refractivity contribution in [3.63, 3.8) is 0 Å². The molecule has 0 spiro atoms. The highest BCUT2D eigenvalue weighted by atomic mass is 32.1. The summed E-state index contributed by atoms with van der Waals surface area (Å²) < 4.78 is 5.30. The van der Waals surface area contributed by atoms with Crippen LogP contribution in [-0.4, -0.2) is 22.7 Å². The Bertz CT molecular complexity index is 941. The first kappa shape index (κ1) is 19.0. The molecule has 0 saturated heterocycles. The van der Waals surface area contributed by atoms with Crippen LogP contribution in [0.1, 0.15) is 22.2 Å². The van der Waals surface area contributed by atoms with E-state index in [0.717, 1.165) is 21.7 Å². The number of carbonyl (C=O) groups excluding carboxylic acids is 1. The minimum absolute atomic E-state index is 0.305. The van der Waals surface area contributed by atoms with Gasteiger partial charge >= 0.3 is 5.97 Å². The summed E-state index contributed by atoms with van der Waals surface area (Å²) in [6.45, 7) is 4.08. The number of carbonyl (C=O) groups is 1. The number of hydrogen-bond donors (Lipinski definition) is 2. The highest BCUT2D eigenvalue weighted by molar-refractivity contribution is 7.80. The number of benzene rings is 1. The molecule has 2 heterocycles. The van der Waals surface area contributed by atoms with Gasteiger partial charge in [0.2, 0.25) is 0 Å². The topological polar surface area (TPSA) is 63.2 Å². The smallest absolute Gasteiger partial charge is 0.341 e. The maximum absolute atomic E-state index is 12.7. The summed E-state index contributed by atoms with van der Waals surface area (Å²) in [4.78, 5) is 17.7. The molecule has 3 aromatic rings. The summed E-state index contributed by atoms with van der Waals surface area (Å²) >= 11 is 6.88. The lowest BCUT2D eigenvalue weighted by atomic mass is 10.0. The van der Waals surface area contributed by atoms with E-state index >= 15 is 0 Å². The monoisotopic (exact) mass is 397 g/mol. The number of anilines is 2. The highest BCUT2D eigenvalue weighted by Crippen LogP contribution is 2.40. The predicted molar refractivity (Wildman–Crippen MR) is 115 cm³/mol. The van der Waals surface area contributed by atoms with E-state index < -0.39 is 0 Å². The largest absolute Gasteiger partial charge is 0.462 e. The summed E-state index contributed by atoms with van der Waals surface area (Å²) in [5.74, 6) is -0.368. The molecule has 0 radical (unpaired) electrons. The highest BCUT2D eigenvalue weighted by Gasteiger charge is 2.24. The molecule has 0 atom stereocenters. The fourth-order valence-electron chi connectivity index (χ4n) is 2.69. The molecule has 5 nitrogen and oxygen atoms in total. The fourth-order valence-corrected chi connectivity index (χ4v) is 4.04. The zero-order valence-corrected chi connectivity index (χ0v) is 16.6. The molecule has 138 valence electrons. The van der Waals surface area contributed by atoms with Crippen molar-refractivity contribution < 1.29 is 9.53 Å². The molecule has 0 unspecified atom stereocenters. The molecule has 27 heavy (non-hydrogen) atoms. The normalized spacial score (nSPS) is 10.3. The van der Waals surface area contributed by atoms with Crippen LogP contribution >= 0.6 is 23.6 Å². The molecule has 0 saturated carbocycles. The summed E-state index contributed by atoms with van der Waals surface area (Å²) in [5.41, 5.74) is 3.10. The van der Waals surface area contributed by atoms with Gasteiger partial charge in [-0.3, -0.25) is 4.98 Å². The minimum Gasteiger partial charge on any atom is -0.462 e. The fraction of sp³-hybridized carbons (Fsp3) is 0.150. The van der Waals surface area contributed by atoms with Gasteiger partial charge in [-0.15, -0.1) is 11.3 Å². The van der Waals surface area contributed by atoms with Gasteiger partial charge in [0, 0.05) is 16.6 Å². The van der Waals surface area contributed by atoms with Crippen LogP contribution in [0.5, 0.6) is 0 Å². The Labute approximate surface area is 167 Å². The van der Waals surface area contributed by atoms with Crippen molar-refractivity contribution >= 4 is 45.3 Å². The quantitative estimate of drug-likeness (QED) is 0.461. The van der Waals surface area contributed by atoms with Gasteiger partial charge in [-0.25, -0.2) is 4.79 Å². The van der Waals surface area contributed by atoms with Crippen molar-refractivity contribution in [3.05, 3.63) is 65.3 Å². The zero-order valence-electron chi connectivity index (χ0n) is 15.0. The van der Waals surface area contributed by atoms with Crippen molar-refractivity contribution in [1.82, 2.24) is 4.98 Å². The summed E-state index contributed by atoms with van der Waals surface area (Å²) in [7, 11) is 0. The standard InChI is InChI=1S/C20H19N3O2S2/c1-3-25-19(24)17-16(14-8-5-4-6-9-14)13(2)27-18(17)23-20(26)22-15-10-7-11-21-12-15/h4-12H,3H2,1-2H3,(H2,22,23,26). The number of ether oxygens (including phenoxy) is 1. The molecular weight excluding hydrogens is 378 g/mol. The van der Waals surface area contributed by atoms with E-state index in [-0.39, 0.29) is 5.97 Å². The van der Waals surface area contributed by atoms with E-state index in [1.807, 2.05) is 49.4 Å². The number of nitrogens with one attached hydrogen (secondary N) is 2. The Morgan fingerprint density at radius 3 is 2.63 bits per heavy atom. The Morgan fingerprint density at radius 2 is 1.96 bits per heavy atom. The molecule has 0 aliphatic rings. The van der Waals surface area contributed by atoms with E-state index in [9.17, 15) is 4.79 Å². The molecular formula is C20H19N3O2S2. The molecule has 0 aliphatic heterocycles. The van der Waals surface area contributed by atoms with E-state index in [0.29, 0.717) is 22.3 Å². The van der Waals surface area contributed by atoms with Crippen LogP contribution in [-0.2, 0) is 4.74 Å². The second kappa shape index (κ2) is 8.75. The number of thiophene rings is 1. The average molecular weight is 398 g/mol. The Balaban J connectivity index is 1.95. The lowest BCUT2D eigenvalue weighted by Gasteiger charge is -2.11. The number of aryl methyl sites for hydroxylation is 1. The lowest BCUT2D eigenvalue weighted by Crippen LogP contribution is -2.20. The second-order valence-corrected chi connectivity index (χ2v) is 7.28. The number of rotatable bonds is 5. The number of esters is 1. The Kier molecular flexibility index (Phi) is 6.16. The van der Waals surface area contributed by atoms with E-state index in [1.54, 1.807) is 19.3 Å². The minimum atomic E-state index is -0.368. The first-order valence-corrected chi connectivity index (χ1v) is 9.66. The number of nitrogens with zero attached hydrogens (tertiary/aromatic N) is 1. The maximum atomic E-state index is 12.7. The van der Waals surface area contributed by atoms with Crippen LogP contribution in [0.3, 0.4) is 0 Å². The van der Waals surface area contributed by atoms with E-state index in [4.69, 9.17) is 17.0 Å². The van der Waals surface area contributed by atoms with Gasteiger partial charge in [0.25, 0.3) is 0 Å². The van der Waals surface area contributed by atoms with Gasteiger partial charge in [-0.2, -0.15) is 0 Å². The molecule has 7 heteroatoms. The van der Waals surface area contributed by atoms with E-state index in [1.165, 1.54) is 11.3 Å². The molecule has 2 aromatic heterocycles. The zero-order chi connectivity index (χ0) is 19.2. The third-order valence-corrected chi connectivity index (χ3v) is 5.00. The SMILES string of the molecule is CCOC(=O)c1c(NC(=S)Nc2cccnc2)sc(C)c1-c1ccccc1. The van der Waals surface area contributed by atoms with Gasteiger partial charge in [0.1, 0.15) is 10.6 Å². The van der Waals surface area contributed by atoms with Crippen molar-refractivity contribution in [2.24, 2.45) is 0 Å². The molecule has 0 amide bonds. The Hall–Kier alpha value is -2.77. The van der Waals surface area contributed by atoms with Crippen molar-refractivity contribution in [2.75, 3.05) is 17.2 Å². The average Bonchev–Trinajstić information content (AvgIpc) is 2.99. The van der Waals surface area contributed by atoms with Gasteiger partial charge in [-0.1, -0.05) is 30.3 Å². The summed E-state index contributed by atoms with van der Waals surface area (Å²) in [6, 6.07) is 13.5. The molecule has 2 N–H and O–H groups in total. The summed E-state index contributed by atoms with van der Waals surface area (Å²) in [6.07, 6.45) is 3.37. The van der Waals surface area contributed by atoms with Crippen LogP contribution < -0.4 is 10.6 Å². The van der Waals surface area contributed by atoms with Gasteiger partial charge in [0.15, 0.2) is 5.11 Å². The lowest BCUT2D eigenvalue weighted by molar-refractivity contribution is 0.0529. The van der Waals surface area contributed by atoms with Crippen molar-refractivity contribution in [2.45, 2.75) is 13.8 Å². The Morgan fingerprint density at radius 1 is 1.19 bits per heavy atom.